The standard InChI is InChI=1S/C18H18O2/c1-14(2)12-17(19)16-10-6-7-11-18(16)20-13-15-8-4-3-5-9-15/h3-12H,13H2,1-2H3. The fourth-order valence-corrected chi connectivity index (χ4v) is 1.87. The molecule has 0 N–H and O–H groups in total. The average Bonchev–Trinajstić information content (AvgIpc) is 2.46. The van der Waals surface area contributed by atoms with E-state index >= 15 is 0 Å². The summed E-state index contributed by atoms with van der Waals surface area (Å²) in [6.07, 6.45) is 1.63. The predicted octanol–water partition coefficient (Wildman–Crippen LogP) is 4.41. The molecule has 2 aromatic rings. The van der Waals surface area contributed by atoms with E-state index in [0.29, 0.717) is 17.9 Å². The van der Waals surface area contributed by atoms with E-state index < -0.39 is 0 Å². The van der Waals surface area contributed by atoms with Crippen molar-refractivity contribution in [2.24, 2.45) is 0 Å². The SMILES string of the molecule is CC(C)=CC(=O)c1ccccc1OCc1ccccc1. The van der Waals surface area contributed by atoms with Crippen molar-refractivity contribution in [3.8, 4) is 5.75 Å². The van der Waals surface area contributed by atoms with Crippen molar-refractivity contribution in [2.75, 3.05) is 0 Å². The Hall–Kier alpha value is -2.35. The lowest BCUT2D eigenvalue weighted by molar-refractivity contribution is 0.104. The van der Waals surface area contributed by atoms with Gasteiger partial charge in [-0.05, 0) is 37.6 Å². The highest BCUT2D eigenvalue weighted by Gasteiger charge is 2.09. The van der Waals surface area contributed by atoms with Crippen LogP contribution in [0, 0.1) is 0 Å². The third kappa shape index (κ3) is 3.82. The molecule has 0 aliphatic heterocycles. The van der Waals surface area contributed by atoms with Gasteiger partial charge >= 0.3 is 0 Å². The van der Waals surface area contributed by atoms with E-state index in [0.717, 1.165) is 11.1 Å². The molecule has 20 heavy (non-hydrogen) atoms. The number of ether oxygens (including phenoxy) is 1. The largest absolute Gasteiger partial charge is 0.488 e. The van der Waals surface area contributed by atoms with Crippen molar-refractivity contribution in [1.82, 2.24) is 0 Å². The van der Waals surface area contributed by atoms with Crippen LogP contribution >= 0.6 is 0 Å². The van der Waals surface area contributed by atoms with Crippen LogP contribution < -0.4 is 4.74 Å². The molecule has 0 heterocycles. The van der Waals surface area contributed by atoms with Crippen molar-refractivity contribution in [3.63, 3.8) is 0 Å². The molecule has 2 aromatic carbocycles. The molecule has 0 radical (unpaired) electrons. The van der Waals surface area contributed by atoms with Gasteiger partial charge in [0, 0.05) is 0 Å². The van der Waals surface area contributed by atoms with Crippen LogP contribution in [-0.4, -0.2) is 5.78 Å². The van der Waals surface area contributed by atoms with Gasteiger partial charge < -0.3 is 4.74 Å². The monoisotopic (exact) mass is 266 g/mol. The fraction of sp³-hybridized carbons (Fsp3) is 0.167. The number of para-hydroxylation sites is 1. The van der Waals surface area contributed by atoms with Crippen molar-refractivity contribution in [2.45, 2.75) is 20.5 Å². The van der Waals surface area contributed by atoms with E-state index in [2.05, 4.69) is 0 Å². The normalized spacial score (nSPS) is 9.90. The minimum Gasteiger partial charge on any atom is -0.488 e. The Morgan fingerprint density at radius 3 is 2.35 bits per heavy atom. The molecule has 2 rings (SSSR count). The van der Waals surface area contributed by atoms with Gasteiger partial charge in [-0.1, -0.05) is 48.0 Å². The number of carbonyl (C=O) groups is 1. The maximum absolute atomic E-state index is 12.1. The van der Waals surface area contributed by atoms with Gasteiger partial charge in [0.1, 0.15) is 12.4 Å². The molecule has 0 bridgehead atoms. The van der Waals surface area contributed by atoms with Gasteiger partial charge in [0.05, 0.1) is 5.56 Å². The molecular formula is C18H18O2. The second-order valence-electron chi connectivity index (χ2n) is 4.86. The van der Waals surface area contributed by atoms with Crippen LogP contribution in [0.15, 0.2) is 66.2 Å². The van der Waals surface area contributed by atoms with Crippen molar-refractivity contribution in [3.05, 3.63) is 77.4 Å². The molecule has 0 aliphatic rings. The fourth-order valence-electron chi connectivity index (χ4n) is 1.87. The van der Waals surface area contributed by atoms with Gasteiger partial charge in [-0.2, -0.15) is 0 Å². The molecule has 0 fully saturated rings. The maximum Gasteiger partial charge on any atom is 0.189 e. The Balaban J connectivity index is 2.16. The number of carbonyl (C=O) groups excluding carboxylic acids is 1. The van der Waals surface area contributed by atoms with Crippen LogP contribution in [0.4, 0.5) is 0 Å². The average molecular weight is 266 g/mol. The lowest BCUT2D eigenvalue weighted by Gasteiger charge is -2.09. The second kappa shape index (κ2) is 6.71. The zero-order valence-electron chi connectivity index (χ0n) is 11.8. The van der Waals surface area contributed by atoms with Crippen molar-refractivity contribution >= 4 is 5.78 Å². The smallest absolute Gasteiger partial charge is 0.189 e. The third-order valence-electron chi connectivity index (χ3n) is 2.81. The molecule has 0 aliphatic carbocycles. The summed E-state index contributed by atoms with van der Waals surface area (Å²) < 4.78 is 5.78. The second-order valence-corrected chi connectivity index (χ2v) is 4.86. The van der Waals surface area contributed by atoms with E-state index in [-0.39, 0.29) is 5.78 Å². The Morgan fingerprint density at radius 2 is 1.65 bits per heavy atom. The van der Waals surface area contributed by atoms with Crippen LogP contribution in [0.25, 0.3) is 0 Å². The van der Waals surface area contributed by atoms with Crippen LogP contribution in [0.2, 0.25) is 0 Å². The molecule has 0 saturated heterocycles. The number of rotatable bonds is 5. The highest BCUT2D eigenvalue weighted by molar-refractivity contribution is 6.06. The minimum atomic E-state index is -0.0198. The summed E-state index contributed by atoms with van der Waals surface area (Å²) in [5.74, 6) is 0.604. The summed E-state index contributed by atoms with van der Waals surface area (Å²) in [6.45, 7) is 4.27. The Morgan fingerprint density at radius 1 is 1.00 bits per heavy atom. The molecule has 0 saturated carbocycles. The molecule has 0 unspecified atom stereocenters. The van der Waals surface area contributed by atoms with Gasteiger partial charge in [0.25, 0.3) is 0 Å². The molecule has 2 heteroatoms. The molecule has 0 atom stereocenters. The highest BCUT2D eigenvalue weighted by atomic mass is 16.5. The zero-order valence-corrected chi connectivity index (χ0v) is 11.8. The van der Waals surface area contributed by atoms with Gasteiger partial charge in [0.15, 0.2) is 5.78 Å². The number of hydrogen-bond acceptors (Lipinski definition) is 2. The molecule has 0 spiro atoms. The van der Waals surface area contributed by atoms with Crippen LogP contribution in [0.3, 0.4) is 0 Å². The summed E-state index contributed by atoms with van der Waals surface area (Å²) >= 11 is 0. The van der Waals surface area contributed by atoms with E-state index in [1.165, 1.54) is 0 Å². The van der Waals surface area contributed by atoms with Crippen molar-refractivity contribution in [1.29, 1.82) is 0 Å². The summed E-state index contributed by atoms with van der Waals surface area (Å²) in [5, 5.41) is 0. The van der Waals surface area contributed by atoms with Gasteiger partial charge in [-0.25, -0.2) is 0 Å². The minimum absolute atomic E-state index is 0.0198. The number of ketones is 1. The quantitative estimate of drug-likeness (QED) is 0.591. The lowest BCUT2D eigenvalue weighted by atomic mass is 10.1. The van der Waals surface area contributed by atoms with Crippen molar-refractivity contribution < 1.29 is 9.53 Å². The number of benzene rings is 2. The third-order valence-corrected chi connectivity index (χ3v) is 2.81. The van der Waals surface area contributed by atoms with Gasteiger partial charge in [-0.3, -0.25) is 4.79 Å². The summed E-state index contributed by atoms with van der Waals surface area (Å²) in [6, 6.07) is 17.3. The number of allylic oxidation sites excluding steroid dienone is 2. The Kier molecular flexibility index (Phi) is 4.72. The van der Waals surface area contributed by atoms with E-state index in [1.54, 1.807) is 12.1 Å². The molecule has 0 aromatic heterocycles. The van der Waals surface area contributed by atoms with E-state index in [4.69, 9.17) is 4.74 Å². The predicted molar refractivity (Wildman–Crippen MR) is 81.0 cm³/mol. The summed E-state index contributed by atoms with van der Waals surface area (Å²) in [5.41, 5.74) is 2.66. The first-order valence-electron chi connectivity index (χ1n) is 6.62. The first-order chi connectivity index (χ1) is 9.66. The topological polar surface area (TPSA) is 26.3 Å². The zero-order chi connectivity index (χ0) is 14.4. The molecule has 0 amide bonds. The van der Waals surface area contributed by atoms with Gasteiger partial charge in [-0.15, -0.1) is 0 Å². The van der Waals surface area contributed by atoms with Crippen LogP contribution in [0.1, 0.15) is 29.8 Å². The van der Waals surface area contributed by atoms with Gasteiger partial charge in [0.2, 0.25) is 0 Å². The lowest BCUT2D eigenvalue weighted by Crippen LogP contribution is -2.02. The van der Waals surface area contributed by atoms with E-state index in [9.17, 15) is 4.79 Å². The highest BCUT2D eigenvalue weighted by Crippen LogP contribution is 2.20. The summed E-state index contributed by atoms with van der Waals surface area (Å²) in [4.78, 5) is 12.1. The molecule has 102 valence electrons. The first kappa shape index (κ1) is 14.1. The molecular weight excluding hydrogens is 248 g/mol. The first-order valence-corrected chi connectivity index (χ1v) is 6.62. The van der Waals surface area contributed by atoms with Crippen LogP contribution in [-0.2, 0) is 6.61 Å². The molecule has 2 nitrogen and oxygen atoms in total. The van der Waals surface area contributed by atoms with E-state index in [1.807, 2.05) is 62.4 Å². The Bertz CT molecular complexity index is 608. The van der Waals surface area contributed by atoms with Crippen LogP contribution in [0.5, 0.6) is 5.75 Å². The summed E-state index contributed by atoms with van der Waals surface area (Å²) in [7, 11) is 0. The number of hydrogen-bond donors (Lipinski definition) is 0. The maximum atomic E-state index is 12.1. The Labute approximate surface area is 119 Å².